The van der Waals surface area contributed by atoms with Crippen LogP contribution in [0.5, 0.6) is 5.88 Å². The van der Waals surface area contributed by atoms with E-state index in [1.165, 1.54) is 0 Å². The van der Waals surface area contributed by atoms with Gasteiger partial charge in [-0.2, -0.15) is 0 Å². The van der Waals surface area contributed by atoms with E-state index in [1.54, 1.807) is 31.5 Å². The van der Waals surface area contributed by atoms with Gasteiger partial charge in [-0.25, -0.2) is 4.98 Å². The van der Waals surface area contributed by atoms with Crippen molar-refractivity contribution in [3.05, 3.63) is 48.3 Å². The van der Waals surface area contributed by atoms with Crippen LogP contribution in [0.3, 0.4) is 0 Å². The predicted molar refractivity (Wildman–Crippen MR) is 97.4 cm³/mol. The van der Waals surface area contributed by atoms with Crippen molar-refractivity contribution >= 4 is 22.5 Å². The van der Waals surface area contributed by atoms with E-state index in [0.717, 1.165) is 33.3 Å². The standard InChI is InChI=1S/C20H17N3O3/c1-23-16-9-21-15-5-3-12(13-4-6-17(25-2)22-8-13)7-14(15)18(16)20(19(23)24)10-26-11-20/h3-9H,10-11H2,1-2H3. The highest BCUT2D eigenvalue weighted by Gasteiger charge is 2.56. The molecule has 1 spiro atoms. The number of hydrogen-bond donors (Lipinski definition) is 0. The number of aromatic nitrogens is 2. The molecule has 26 heavy (non-hydrogen) atoms. The van der Waals surface area contributed by atoms with Crippen molar-refractivity contribution in [2.24, 2.45) is 0 Å². The molecule has 1 aromatic carbocycles. The number of carbonyl (C=O) groups is 1. The van der Waals surface area contributed by atoms with Crippen molar-refractivity contribution < 1.29 is 14.3 Å². The number of hydrogen-bond acceptors (Lipinski definition) is 5. The summed E-state index contributed by atoms with van der Waals surface area (Å²) in [5, 5.41) is 0.997. The summed E-state index contributed by atoms with van der Waals surface area (Å²) < 4.78 is 10.6. The maximum absolute atomic E-state index is 12.8. The molecule has 0 bridgehead atoms. The molecule has 1 fully saturated rings. The fourth-order valence-electron chi connectivity index (χ4n) is 3.90. The first kappa shape index (κ1) is 15.3. The van der Waals surface area contributed by atoms with Gasteiger partial charge in [0, 0.05) is 35.8 Å². The van der Waals surface area contributed by atoms with Gasteiger partial charge in [-0.3, -0.25) is 9.78 Å². The minimum absolute atomic E-state index is 0.0876. The molecular weight excluding hydrogens is 330 g/mol. The van der Waals surface area contributed by atoms with Crippen LogP contribution in [0.2, 0.25) is 0 Å². The zero-order valence-corrected chi connectivity index (χ0v) is 14.5. The first-order valence-corrected chi connectivity index (χ1v) is 8.44. The molecule has 0 saturated carbocycles. The molecule has 0 N–H and O–H groups in total. The average Bonchev–Trinajstić information content (AvgIpc) is 2.89. The highest BCUT2D eigenvalue weighted by molar-refractivity contribution is 6.13. The number of methoxy groups -OCH3 is 1. The van der Waals surface area contributed by atoms with Crippen molar-refractivity contribution in [2.75, 3.05) is 32.3 Å². The fourth-order valence-corrected chi connectivity index (χ4v) is 3.90. The monoisotopic (exact) mass is 347 g/mol. The van der Waals surface area contributed by atoms with Gasteiger partial charge in [0.05, 0.1) is 37.7 Å². The Labute approximate surface area is 150 Å². The number of nitrogens with zero attached hydrogens (tertiary/aromatic N) is 3. The SMILES string of the molecule is COc1ccc(-c2ccc3ncc4c(c3c2)C2(COC2)C(=O)N4C)cn1. The Morgan fingerprint density at radius 2 is 1.92 bits per heavy atom. The molecular formula is C20H17N3O3. The van der Waals surface area contributed by atoms with Gasteiger partial charge >= 0.3 is 0 Å². The van der Waals surface area contributed by atoms with Crippen LogP contribution in [0.4, 0.5) is 5.69 Å². The molecule has 2 aliphatic rings. The molecule has 1 saturated heterocycles. The van der Waals surface area contributed by atoms with Crippen LogP contribution in [0, 0.1) is 0 Å². The highest BCUT2D eigenvalue weighted by atomic mass is 16.5. The minimum Gasteiger partial charge on any atom is -0.481 e. The van der Waals surface area contributed by atoms with E-state index in [-0.39, 0.29) is 5.91 Å². The van der Waals surface area contributed by atoms with Crippen LogP contribution in [-0.2, 0) is 14.9 Å². The Bertz CT molecular complexity index is 1040. The molecule has 3 aromatic rings. The lowest BCUT2D eigenvalue weighted by Crippen LogP contribution is -2.53. The summed E-state index contributed by atoms with van der Waals surface area (Å²) in [6, 6.07) is 9.92. The van der Waals surface area contributed by atoms with E-state index in [2.05, 4.69) is 16.0 Å². The second-order valence-corrected chi connectivity index (χ2v) is 6.78. The smallest absolute Gasteiger partial charge is 0.242 e. The second-order valence-electron chi connectivity index (χ2n) is 6.78. The van der Waals surface area contributed by atoms with Crippen LogP contribution in [-0.4, -0.2) is 43.2 Å². The zero-order chi connectivity index (χ0) is 17.9. The number of carbonyl (C=O) groups excluding carboxylic acids is 1. The second kappa shape index (κ2) is 5.25. The highest BCUT2D eigenvalue weighted by Crippen LogP contribution is 2.48. The summed E-state index contributed by atoms with van der Waals surface area (Å²) in [5.74, 6) is 0.666. The zero-order valence-electron chi connectivity index (χ0n) is 14.5. The summed E-state index contributed by atoms with van der Waals surface area (Å²) >= 11 is 0. The normalized spacial score (nSPS) is 17.5. The van der Waals surface area contributed by atoms with E-state index in [9.17, 15) is 4.79 Å². The number of anilines is 1. The Morgan fingerprint density at radius 3 is 2.58 bits per heavy atom. The fraction of sp³-hybridized carbons (Fsp3) is 0.250. The van der Waals surface area contributed by atoms with Crippen LogP contribution in [0.1, 0.15) is 5.56 Å². The Morgan fingerprint density at radius 1 is 1.12 bits per heavy atom. The predicted octanol–water partition coefficient (Wildman–Crippen LogP) is 2.55. The van der Waals surface area contributed by atoms with E-state index >= 15 is 0 Å². The molecule has 4 heterocycles. The van der Waals surface area contributed by atoms with Crippen molar-refractivity contribution in [1.82, 2.24) is 9.97 Å². The molecule has 0 aliphatic carbocycles. The molecule has 2 aliphatic heterocycles. The number of benzene rings is 1. The Balaban J connectivity index is 1.72. The Kier molecular flexibility index (Phi) is 3.09. The van der Waals surface area contributed by atoms with E-state index in [1.807, 2.05) is 24.3 Å². The van der Waals surface area contributed by atoms with E-state index in [4.69, 9.17) is 9.47 Å². The molecule has 0 atom stereocenters. The van der Waals surface area contributed by atoms with Gasteiger partial charge in [0.25, 0.3) is 0 Å². The molecule has 0 radical (unpaired) electrons. The summed E-state index contributed by atoms with van der Waals surface area (Å²) in [6.07, 6.45) is 3.58. The third kappa shape index (κ3) is 1.87. The topological polar surface area (TPSA) is 64.6 Å². The van der Waals surface area contributed by atoms with Gasteiger partial charge in [0.15, 0.2) is 0 Å². The summed E-state index contributed by atoms with van der Waals surface area (Å²) in [7, 11) is 3.40. The molecule has 5 rings (SSSR count). The van der Waals surface area contributed by atoms with Gasteiger partial charge in [-0.05, 0) is 23.8 Å². The number of amides is 1. The van der Waals surface area contributed by atoms with Crippen LogP contribution < -0.4 is 9.64 Å². The number of ether oxygens (including phenoxy) is 2. The average molecular weight is 347 g/mol. The lowest BCUT2D eigenvalue weighted by atomic mass is 9.78. The summed E-state index contributed by atoms with van der Waals surface area (Å²) in [5.41, 5.74) is 4.23. The maximum atomic E-state index is 12.8. The van der Waals surface area contributed by atoms with Crippen molar-refractivity contribution in [1.29, 1.82) is 0 Å². The summed E-state index contributed by atoms with van der Waals surface area (Å²) in [6.45, 7) is 0.854. The lowest BCUT2D eigenvalue weighted by Gasteiger charge is -2.36. The molecule has 6 heteroatoms. The largest absolute Gasteiger partial charge is 0.481 e. The number of pyridine rings is 2. The molecule has 130 valence electrons. The van der Waals surface area contributed by atoms with Crippen molar-refractivity contribution in [3.63, 3.8) is 0 Å². The van der Waals surface area contributed by atoms with Crippen molar-refractivity contribution in [3.8, 4) is 17.0 Å². The van der Waals surface area contributed by atoms with Gasteiger partial charge < -0.3 is 14.4 Å². The van der Waals surface area contributed by atoms with Gasteiger partial charge in [-0.1, -0.05) is 6.07 Å². The van der Waals surface area contributed by atoms with Crippen LogP contribution >= 0.6 is 0 Å². The van der Waals surface area contributed by atoms with Crippen LogP contribution in [0.15, 0.2) is 42.7 Å². The number of rotatable bonds is 2. The molecule has 2 aromatic heterocycles. The lowest BCUT2D eigenvalue weighted by molar-refractivity contribution is -0.139. The third-order valence-electron chi connectivity index (χ3n) is 5.38. The van der Waals surface area contributed by atoms with Gasteiger partial charge in [0.2, 0.25) is 11.8 Å². The molecule has 6 nitrogen and oxygen atoms in total. The van der Waals surface area contributed by atoms with E-state index in [0.29, 0.717) is 19.1 Å². The van der Waals surface area contributed by atoms with E-state index < -0.39 is 5.41 Å². The maximum Gasteiger partial charge on any atom is 0.242 e. The summed E-state index contributed by atoms with van der Waals surface area (Å²) in [4.78, 5) is 23.4. The molecule has 0 unspecified atom stereocenters. The molecule has 1 amide bonds. The first-order chi connectivity index (χ1) is 12.6. The minimum atomic E-state index is -0.567. The third-order valence-corrected chi connectivity index (χ3v) is 5.38. The van der Waals surface area contributed by atoms with Crippen LogP contribution in [0.25, 0.3) is 22.0 Å². The van der Waals surface area contributed by atoms with Gasteiger partial charge in [-0.15, -0.1) is 0 Å². The number of fused-ring (bicyclic) bond motifs is 4. The first-order valence-electron chi connectivity index (χ1n) is 8.44. The number of likely N-dealkylation sites (N-methyl/N-ethyl adjacent to an activating group) is 1. The van der Waals surface area contributed by atoms with Crippen molar-refractivity contribution in [2.45, 2.75) is 5.41 Å². The quantitative estimate of drug-likeness (QED) is 0.713. The van der Waals surface area contributed by atoms with Gasteiger partial charge in [0.1, 0.15) is 5.41 Å². The Hall–Kier alpha value is -2.99.